The van der Waals surface area contributed by atoms with E-state index in [4.69, 9.17) is 0 Å². The Bertz CT molecular complexity index is 369. The van der Waals surface area contributed by atoms with Crippen molar-refractivity contribution in [1.82, 2.24) is 5.32 Å². The Hall–Kier alpha value is -0.0900. The van der Waals surface area contributed by atoms with E-state index in [1.165, 1.54) is 6.42 Å². The fourth-order valence-corrected chi connectivity index (χ4v) is 5.08. The standard InChI is InChI=1S/C15H31NO2S/c1-6-8-19(17,18)9-7-16-13-10-14(2,3)12-15(4,5)11-13/h13,16H,6-12H2,1-5H3. The van der Waals surface area contributed by atoms with Gasteiger partial charge in [-0.25, -0.2) is 8.42 Å². The number of rotatable bonds is 6. The molecule has 0 spiro atoms. The summed E-state index contributed by atoms with van der Waals surface area (Å²) in [7, 11) is -2.85. The molecule has 0 radical (unpaired) electrons. The summed E-state index contributed by atoms with van der Waals surface area (Å²) in [6.07, 6.45) is 4.24. The van der Waals surface area contributed by atoms with Gasteiger partial charge < -0.3 is 5.32 Å². The summed E-state index contributed by atoms with van der Waals surface area (Å²) in [5, 5.41) is 3.47. The molecular formula is C15H31NO2S. The van der Waals surface area contributed by atoms with Crippen molar-refractivity contribution >= 4 is 9.84 Å². The molecule has 114 valence electrons. The Morgan fingerprint density at radius 1 is 1.05 bits per heavy atom. The lowest BCUT2D eigenvalue weighted by Gasteiger charge is -2.45. The maximum atomic E-state index is 11.7. The van der Waals surface area contributed by atoms with E-state index in [9.17, 15) is 8.42 Å². The second-order valence-electron chi connectivity index (χ2n) is 7.72. The minimum absolute atomic E-state index is 0.276. The van der Waals surface area contributed by atoms with Crippen molar-refractivity contribution in [2.45, 2.75) is 66.3 Å². The van der Waals surface area contributed by atoms with Gasteiger partial charge in [0.05, 0.1) is 5.75 Å². The summed E-state index contributed by atoms with van der Waals surface area (Å²) in [6, 6.07) is 0.454. The highest BCUT2D eigenvalue weighted by Crippen LogP contribution is 2.45. The molecule has 0 aliphatic heterocycles. The van der Waals surface area contributed by atoms with E-state index in [0.29, 0.717) is 35.6 Å². The molecule has 1 aliphatic carbocycles. The smallest absolute Gasteiger partial charge is 0.151 e. The molecule has 1 N–H and O–H groups in total. The molecular weight excluding hydrogens is 258 g/mol. The molecule has 1 saturated carbocycles. The summed E-state index contributed by atoms with van der Waals surface area (Å²) in [4.78, 5) is 0. The molecule has 4 heteroatoms. The van der Waals surface area contributed by atoms with E-state index in [-0.39, 0.29) is 5.75 Å². The van der Waals surface area contributed by atoms with Crippen LogP contribution >= 0.6 is 0 Å². The fraction of sp³-hybridized carbons (Fsp3) is 1.00. The van der Waals surface area contributed by atoms with Gasteiger partial charge in [0.25, 0.3) is 0 Å². The summed E-state index contributed by atoms with van der Waals surface area (Å²) in [6.45, 7) is 11.8. The van der Waals surface area contributed by atoms with E-state index in [0.717, 1.165) is 12.8 Å². The first kappa shape index (κ1) is 17.0. The van der Waals surface area contributed by atoms with Crippen LogP contribution in [-0.2, 0) is 9.84 Å². The lowest BCUT2D eigenvalue weighted by atomic mass is 9.63. The SMILES string of the molecule is CCCS(=O)(=O)CCNC1CC(C)(C)CC(C)(C)C1. The highest BCUT2D eigenvalue weighted by Gasteiger charge is 2.38. The van der Waals surface area contributed by atoms with Crippen LogP contribution in [0.3, 0.4) is 0 Å². The molecule has 1 fully saturated rings. The van der Waals surface area contributed by atoms with E-state index >= 15 is 0 Å². The number of hydrogen-bond acceptors (Lipinski definition) is 3. The molecule has 0 amide bonds. The molecule has 3 nitrogen and oxygen atoms in total. The minimum atomic E-state index is -2.85. The first-order chi connectivity index (χ1) is 8.55. The van der Waals surface area contributed by atoms with Crippen LogP contribution in [0.5, 0.6) is 0 Å². The van der Waals surface area contributed by atoms with Gasteiger partial charge >= 0.3 is 0 Å². The first-order valence-electron chi connectivity index (χ1n) is 7.49. The van der Waals surface area contributed by atoms with Gasteiger partial charge in [-0.1, -0.05) is 34.6 Å². The van der Waals surface area contributed by atoms with Gasteiger partial charge in [0, 0.05) is 18.3 Å². The van der Waals surface area contributed by atoms with Gasteiger partial charge in [-0.05, 0) is 36.5 Å². The molecule has 0 heterocycles. The fourth-order valence-electron chi connectivity index (χ4n) is 3.82. The normalized spacial score (nSPS) is 23.4. The zero-order valence-corrected chi connectivity index (χ0v) is 14.1. The average molecular weight is 289 g/mol. The Morgan fingerprint density at radius 2 is 1.58 bits per heavy atom. The highest BCUT2D eigenvalue weighted by molar-refractivity contribution is 7.91. The van der Waals surface area contributed by atoms with Gasteiger partial charge in [-0.2, -0.15) is 0 Å². The van der Waals surface area contributed by atoms with Crippen molar-refractivity contribution in [2.75, 3.05) is 18.1 Å². The van der Waals surface area contributed by atoms with Crippen LogP contribution in [0.15, 0.2) is 0 Å². The monoisotopic (exact) mass is 289 g/mol. The molecule has 1 rings (SSSR count). The van der Waals surface area contributed by atoms with Gasteiger partial charge in [0.2, 0.25) is 0 Å². The molecule has 0 aromatic heterocycles. The number of hydrogen-bond donors (Lipinski definition) is 1. The van der Waals surface area contributed by atoms with E-state index in [1.54, 1.807) is 0 Å². The highest BCUT2D eigenvalue weighted by atomic mass is 32.2. The lowest BCUT2D eigenvalue weighted by Crippen LogP contribution is -2.45. The Labute approximate surface area is 119 Å². The molecule has 1 aliphatic rings. The number of nitrogens with one attached hydrogen (secondary N) is 1. The quantitative estimate of drug-likeness (QED) is 0.817. The van der Waals surface area contributed by atoms with Crippen molar-refractivity contribution in [3.8, 4) is 0 Å². The Balaban J connectivity index is 2.45. The summed E-state index contributed by atoms with van der Waals surface area (Å²) in [5.41, 5.74) is 0.698. The van der Waals surface area contributed by atoms with Crippen LogP contribution in [0.4, 0.5) is 0 Å². The summed E-state index contributed by atoms with van der Waals surface area (Å²) >= 11 is 0. The van der Waals surface area contributed by atoms with Crippen LogP contribution in [0.25, 0.3) is 0 Å². The maximum Gasteiger partial charge on any atom is 0.151 e. The first-order valence-corrected chi connectivity index (χ1v) is 9.31. The maximum absolute atomic E-state index is 11.7. The van der Waals surface area contributed by atoms with Crippen molar-refractivity contribution in [3.05, 3.63) is 0 Å². The van der Waals surface area contributed by atoms with Crippen LogP contribution < -0.4 is 5.32 Å². The van der Waals surface area contributed by atoms with Crippen LogP contribution in [0.1, 0.15) is 60.3 Å². The third-order valence-electron chi connectivity index (χ3n) is 3.92. The van der Waals surface area contributed by atoms with Crippen molar-refractivity contribution < 1.29 is 8.42 Å². The van der Waals surface area contributed by atoms with Gasteiger partial charge in [0.1, 0.15) is 0 Å². The Morgan fingerprint density at radius 3 is 2.05 bits per heavy atom. The molecule has 0 unspecified atom stereocenters. The summed E-state index contributed by atoms with van der Waals surface area (Å²) in [5.74, 6) is 0.592. The van der Waals surface area contributed by atoms with E-state index < -0.39 is 9.84 Å². The van der Waals surface area contributed by atoms with Crippen LogP contribution in [-0.4, -0.2) is 32.5 Å². The zero-order valence-electron chi connectivity index (χ0n) is 13.3. The summed E-state index contributed by atoms with van der Waals surface area (Å²) < 4.78 is 23.4. The van der Waals surface area contributed by atoms with Gasteiger partial charge in [-0.15, -0.1) is 0 Å². The van der Waals surface area contributed by atoms with E-state index in [1.807, 2.05) is 6.92 Å². The predicted molar refractivity (Wildman–Crippen MR) is 82.1 cm³/mol. The zero-order chi connectivity index (χ0) is 14.7. The number of sulfone groups is 1. The van der Waals surface area contributed by atoms with Crippen molar-refractivity contribution in [1.29, 1.82) is 0 Å². The molecule has 0 aromatic carbocycles. The lowest BCUT2D eigenvalue weighted by molar-refractivity contribution is 0.0860. The van der Waals surface area contributed by atoms with E-state index in [2.05, 4.69) is 33.0 Å². The Kier molecular flexibility index (Phi) is 5.47. The third kappa shape index (κ3) is 6.26. The largest absolute Gasteiger partial charge is 0.313 e. The molecule has 19 heavy (non-hydrogen) atoms. The third-order valence-corrected chi connectivity index (χ3v) is 5.77. The van der Waals surface area contributed by atoms with Crippen LogP contribution in [0, 0.1) is 10.8 Å². The topological polar surface area (TPSA) is 46.2 Å². The minimum Gasteiger partial charge on any atom is -0.313 e. The molecule has 0 bridgehead atoms. The van der Waals surface area contributed by atoms with Gasteiger partial charge in [0.15, 0.2) is 9.84 Å². The van der Waals surface area contributed by atoms with Gasteiger partial charge in [-0.3, -0.25) is 0 Å². The van der Waals surface area contributed by atoms with Crippen LogP contribution in [0.2, 0.25) is 0 Å². The second kappa shape index (κ2) is 6.13. The van der Waals surface area contributed by atoms with Crippen molar-refractivity contribution in [3.63, 3.8) is 0 Å². The molecule has 0 saturated heterocycles. The molecule has 0 aromatic rings. The average Bonchev–Trinajstić information content (AvgIpc) is 2.11. The predicted octanol–water partition coefficient (Wildman–Crippen LogP) is 3.01. The molecule has 0 atom stereocenters. The second-order valence-corrected chi connectivity index (χ2v) is 10.0. The van der Waals surface area contributed by atoms with Crippen molar-refractivity contribution in [2.24, 2.45) is 10.8 Å².